The molecule has 0 radical (unpaired) electrons. The summed E-state index contributed by atoms with van der Waals surface area (Å²) >= 11 is 0. The summed E-state index contributed by atoms with van der Waals surface area (Å²) in [6.45, 7) is 15.7. The number of fused-ring (bicyclic) bond motifs is 2. The second-order valence-corrected chi connectivity index (χ2v) is 11.9. The summed E-state index contributed by atoms with van der Waals surface area (Å²) in [5, 5.41) is 11.2. The first-order valence-corrected chi connectivity index (χ1v) is 14.3. The predicted octanol–water partition coefficient (Wildman–Crippen LogP) is 8.65. The topological polar surface area (TPSA) is 26.5 Å². The minimum atomic E-state index is -0.0636. The van der Waals surface area contributed by atoms with E-state index < -0.39 is 0 Å². The zero-order chi connectivity index (χ0) is 27.1. The molecule has 38 heavy (non-hydrogen) atoms. The minimum absolute atomic E-state index is 0.0636. The Bertz CT molecular complexity index is 1400. The molecule has 0 amide bonds. The molecule has 1 N–H and O–H groups in total. The molecule has 0 fully saturated rings. The number of hydrogen-bond acceptors (Lipinski definition) is 2. The maximum atomic E-state index is 11.2. The molecule has 3 heteroatoms. The van der Waals surface area contributed by atoms with Gasteiger partial charge in [-0.3, -0.25) is 0 Å². The van der Waals surface area contributed by atoms with Crippen molar-refractivity contribution >= 4 is 17.1 Å². The van der Waals surface area contributed by atoms with Crippen molar-refractivity contribution in [2.24, 2.45) is 0 Å². The highest BCUT2D eigenvalue weighted by Crippen LogP contribution is 2.48. The van der Waals surface area contributed by atoms with Crippen LogP contribution in [0.3, 0.4) is 0 Å². The molecule has 0 atom stereocenters. The SMILES string of the molecule is CCCN1C(=C/C=C2\CCC(C=CC3=[N+](CCC)c4ccccc4C3(C)C)=C2O)C(C)(C)c2ccccc21. The summed E-state index contributed by atoms with van der Waals surface area (Å²) in [6, 6.07) is 17.5. The van der Waals surface area contributed by atoms with Crippen LogP contribution in [0.2, 0.25) is 0 Å². The monoisotopic (exact) mass is 507 g/mol. The number of hydrogen-bond donors (Lipinski definition) is 1. The van der Waals surface area contributed by atoms with Crippen LogP contribution < -0.4 is 4.90 Å². The van der Waals surface area contributed by atoms with Crippen molar-refractivity contribution in [2.75, 3.05) is 18.0 Å². The summed E-state index contributed by atoms with van der Waals surface area (Å²) in [4.78, 5) is 2.46. The summed E-state index contributed by atoms with van der Waals surface area (Å²) in [7, 11) is 0. The first kappa shape index (κ1) is 26.3. The van der Waals surface area contributed by atoms with Crippen molar-refractivity contribution in [3.63, 3.8) is 0 Å². The molecule has 2 aromatic rings. The smallest absolute Gasteiger partial charge is 0.209 e. The number of rotatable bonds is 7. The summed E-state index contributed by atoms with van der Waals surface area (Å²) < 4.78 is 2.46. The van der Waals surface area contributed by atoms with Gasteiger partial charge in [-0.2, -0.15) is 4.58 Å². The zero-order valence-corrected chi connectivity index (χ0v) is 24.0. The largest absolute Gasteiger partial charge is 0.507 e. The van der Waals surface area contributed by atoms with Crippen LogP contribution >= 0.6 is 0 Å². The molecule has 1 aliphatic carbocycles. The Kier molecular flexibility index (Phi) is 6.98. The Morgan fingerprint density at radius 1 is 0.842 bits per heavy atom. The molecular formula is C35H43N2O+. The molecule has 3 aliphatic rings. The van der Waals surface area contributed by atoms with E-state index in [1.165, 1.54) is 33.9 Å². The number of allylic oxidation sites excluding steroid dienone is 7. The normalized spacial score (nSPS) is 21.9. The van der Waals surface area contributed by atoms with Crippen LogP contribution in [0.4, 0.5) is 11.4 Å². The number of anilines is 1. The average Bonchev–Trinajstić information content (AvgIpc) is 3.43. The maximum absolute atomic E-state index is 11.2. The van der Waals surface area contributed by atoms with E-state index in [0.717, 1.165) is 49.9 Å². The van der Waals surface area contributed by atoms with E-state index in [1.54, 1.807) is 0 Å². The van der Waals surface area contributed by atoms with E-state index in [4.69, 9.17) is 0 Å². The molecule has 198 valence electrons. The Balaban J connectivity index is 1.46. The molecule has 3 nitrogen and oxygen atoms in total. The number of aliphatic hydroxyl groups is 1. The predicted molar refractivity (Wildman–Crippen MR) is 161 cm³/mol. The van der Waals surface area contributed by atoms with E-state index in [-0.39, 0.29) is 10.8 Å². The summed E-state index contributed by atoms with van der Waals surface area (Å²) in [6.07, 6.45) is 12.7. The van der Waals surface area contributed by atoms with E-state index in [1.807, 2.05) is 0 Å². The van der Waals surface area contributed by atoms with Gasteiger partial charge in [-0.25, -0.2) is 0 Å². The Morgan fingerprint density at radius 3 is 2.29 bits per heavy atom. The van der Waals surface area contributed by atoms with Crippen LogP contribution in [0.25, 0.3) is 0 Å². The molecule has 2 aromatic carbocycles. The third-order valence-corrected chi connectivity index (χ3v) is 8.65. The van der Waals surface area contributed by atoms with E-state index in [2.05, 4.69) is 124 Å². The molecule has 2 aliphatic heterocycles. The van der Waals surface area contributed by atoms with Crippen molar-refractivity contribution in [3.8, 4) is 0 Å². The minimum Gasteiger partial charge on any atom is -0.507 e. The Labute approximate surface area is 229 Å². The van der Waals surface area contributed by atoms with Crippen LogP contribution in [0.1, 0.15) is 78.4 Å². The molecule has 0 unspecified atom stereocenters. The van der Waals surface area contributed by atoms with Crippen LogP contribution in [0, 0.1) is 0 Å². The standard InChI is InChI=1S/C35H42N2O/c1-7-23-36-29-15-11-9-13-27(29)34(3,4)31(36)21-19-25-17-18-26(33(25)38)20-22-32-35(5,6)28-14-10-12-16-30(28)37(32)24-8-2/h9-16,19-22H,7-8,17-18,23-24H2,1-6H3/p+1/b25-19+,31-21?. The lowest BCUT2D eigenvalue weighted by Gasteiger charge is -2.26. The number of nitrogens with zero attached hydrogens (tertiary/aromatic N) is 2. The third-order valence-electron chi connectivity index (χ3n) is 8.65. The first-order chi connectivity index (χ1) is 18.2. The number of para-hydroxylation sites is 2. The summed E-state index contributed by atoms with van der Waals surface area (Å²) in [5.41, 5.74) is 9.93. The van der Waals surface area contributed by atoms with Gasteiger partial charge in [0.1, 0.15) is 12.3 Å². The third kappa shape index (κ3) is 4.26. The van der Waals surface area contributed by atoms with E-state index in [9.17, 15) is 5.11 Å². The second-order valence-electron chi connectivity index (χ2n) is 11.9. The van der Waals surface area contributed by atoms with Crippen LogP contribution in [-0.2, 0) is 10.8 Å². The van der Waals surface area contributed by atoms with Gasteiger partial charge in [-0.1, -0.05) is 70.2 Å². The zero-order valence-electron chi connectivity index (χ0n) is 24.0. The molecule has 0 aromatic heterocycles. The van der Waals surface area contributed by atoms with Crippen LogP contribution in [-0.4, -0.2) is 28.5 Å². The number of benzene rings is 2. The second kappa shape index (κ2) is 10.1. The highest BCUT2D eigenvalue weighted by atomic mass is 16.3. The van der Waals surface area contributed by atoms with Crippen molar-refractivity contribution in [1.29, 1.82) is 0 Å². The van der Waals surface area contributed by atoms with E-state index in [0.29, 0.717) is 5.76 Å². The highest BCUT2D eigenvalue weighted by molar-refractivity contribution is 6.03. The van der Waals surface area contributed by atoms with Gasteiger partial charge in [-0.05, 0) is 68.0 Å². The lowest BCUT2D eigenvalue weighted by atomic mass is 9.81. The van der Waals surface area contributed by atoms with Gasteiger partial charge in [0.05, 0.1) is 5.41 Å². The van der Waals surface area contributed by atoms with Crippen LogP contribution in [0.5, 0.6) is 0 Å². The molecule has 0 saturated carbocycles. The fraction of sp³-hybridized carbons (Fsp3) is 0.400. The Morgan fingerprint density at radius 2 is 1.55 bits per heavy atom. The van der Waals surface area contributed by atoms with Crippen molar-refractivity contribution in [2.45, 2.75) is 78.1 Å². The van der Waals surface area contributed by atoms with Crippen molar-refractivity contribution < 1.29 is 9.68 Å². The lowest BCUT2D eigenvalue weighted by molar-refractivity contribution is -0.437. The van der Waals surface area contributed by atoms with Gasteiger partial charge >= 0.3 is 0 Å². The quantitative estimate of drug-likeness (QED) is 0.380. The molecule has 0 saturated heterocycles. The maximum Gasteiger partial charge on any atom is 0.209 e. The van der Waals surface area contributed by atoms with Gasteiger partial charge in [0.2, 0.25) is 5.69 Å². The fourth-order valence-electron chi connectivity index (χ4n) is 6.61. The average molecular weight is 508 g/mol. The van der Waals surface area contributed by atoms with Gasteiger partial charge < -0.3 is 10.0 Å². The van der Waals surface area contributed by atoms with Gasteiger partial charge in [0, 0.05) is 47.5 Å². The molecule has 2 heterocycles. The lowest BCUT2D eigenvalue weighted by Crippen LogP contribution is -2.27. The molecule has 5 rings (SSSR count). The van der Waals surface area contributed by atoms with Gasteiger partial charge in [-0.15, -0.1) is 0 Å². The van der Waals surface area contributed by atoms with E-state index >= 15 is 0 Å². The van der Waals surface area contributed by atoms with Crippen LogP contribution in [0.15, 0.2) is 95.4 Å². The molecular weight excluding hydrogens is 464 g/mol. The van der Waals surface area contributed by atoms with Gasteiger partial charge in [0.15, 0.2) is 5.71 Å². The van der Waals surface area contributed by atoms with Gasteiger partial charge in [0.25, 0.3) is 0 Å². The summed E-state index contributed by atoms with van der Waals surface area (Å²) in [5.74, 6) is 0.449. The van der Waals surface area contributed by atoms with Crippen molar-refractivity contribution in [1.82, 2.24) is 0 Å². The molecule has 0 bridgehead atoms. The van der Waals surface area contributed by atoms with Crippen molar-refractivity contribution in [3.05, 3.63) is 107 Å². The fourth-order valence-corrected chi connectivity index (χ4v) is 6.61. The number of aliphatic hydroxyl groups excluding tert-OH is 1. The highest BCUT2D eigenvalue weighted by Gasteiger charge is 2.44. The Hall–Kier alpha value is -3.33. The first-order valence-electron chi connectivity index (χ1n) is 14.3. The molecule has 0 spiro atoms.